The van der Waals surface area contributed by atoms with Gasteiger partial charge in [-0.25, -0.2) is 0 Å². The number of hydrogen-bond acceptors (Lipinski definition) is 3. The molecule has 0 saturated carbocycles. The van der Waals surface area contributed by atoms with Gasteiger partial charge < -0.3 is 4.74 Å². The molecule has 1 heterocycles. The lowest BCUT2D eigenvalue weighted by Gasteiger charge is -2.38. The number of piperidine rings is 1. The third kappa shape index (κ3) is 4.12. The van der Waals surface area contributed by atoms with Gasteiger partial charge in [0.25, 0.3) is 0 Å². The Morgan fingerprint density at radius 2 is 1.94 bits per heavy atom. The Morgan fingerprint density at radius 1 is 1.31 bits per heavy atom. The quantitative estimate of drug-likeness (QED) is 0.534. The average molecular weight is 227 g/mol. The lowest BCUT2D eigenvalue weighted by Crippen LogP contribution is -2.46. The van der Waals surface area contributed by atoms with Gasteiger partial charge in [-0.05, 0) is 33.1 Å². The zero-order chi connectivity index (χ0) is 12.0. The standard InChI is InChI=1S/C13H25NO2/c1-4-5-9-16-13(15)10-14-11(2)7-6-8-12(14)3/h11-12H,4-10H2,1-3H3/t11-,12+. The summed E-state index contributed by atoms with van der Waals surface area (Å²) in [6, 6.07) is 1.03. The minimum atomic E-state index is -0.0611. The first-order chi connectivity index (χ1) is 7.65. The minimum absolute atomic E-state index is 0.0611. The number of ether oxygens (including phenoxy) is 1. The molecule has 1 saturated heterocycles. The number of carbonyl (C=O) groups excluding carboxylic acids is 1. The van der Waals surface area contributed by atoms with Gasteiger partial charge >= 0.3 is 5.97 Å². The smallest absolute Gasteiger partial charge is 0.320 e. The van der Waals surface area contributed by atoms with Gasteiger partial charge in [-0.15, -0.1) is 0 Å². The number of nitrogens with zero attached hydrogens (tertiary/aromatic N) is 1. The normalized spacial score (nSPS) is 26.7. The first kappa shape index (κ1) is 13.5. The number of esters is 1. The predicted molar refractivity (Wildman–Crippen MR) is 65.3 cm³/mol. The van der Waals surface area contributed by atoms with E-state index in [4.69, 9.17) is 4.74 Å². The molecule has 0 aliphatic carbocycles. The molecule has 94 valence electrons. The Morgan fingerprint density at radius 3 is 2.50 bits per heavy atom. The van der Waals surface area contributed by atoms with Crippen LogP contribution in [0.4, 0.5) is 0 Å². The van der Waals surface area contributed by atoms with E-state index in [0.29, 0.717) is 25.2 Å². The summed E-state index contributed by atoms with van der Waals surface area (Å²) in [6.45, 7) is 7.55. The molecular weight excluding hydrogens is 202 g/mol. The summed E-state index contributed by atoms with van der Waals surface area (Å²) in [4.78, 5) is 13.9. The topological polar surface area (TPSA) is 29.5 Å². The van der Waals surface area contributed by atoms with E-state index in [-0.39, 0.29) is 5.97 Å². The second-order valence-electron chi connectivity index (χ2n) is 4.88. The Balaban J connectivity index is 2.30. The second-order valence-corrected chi connectivity index (χ2v) is 4.88. The van der Waals surface area contributed by atoms with Crippen LogP contribution < -0.4 is 0 Å². The zero-order valence-corrected chi connectivity index (χ0v) is 10.9. The van der Waals surface area contributed by atoms with Crippen molar-refractivity contribution in [3.05, 3.63) is 0 Å². The van der Waals surface area contributed by atoms with Gasteiger partial charge in [-0.2, -0.15) is 0 Å². The lowest BCUT2D eigenvalue weighted by molar-refractivity contribution is -0.146. The van der Waals surface area contributed by atoms with Gasteiger partial charge in [0.05, 0.1) is 13.2 Å². The molecule has 0 radical (unpaired) electrons. The number of likely N-dealkylation sites (tertiary alicyclic amines) is 1. The summed E-state index contributed by atoms with van der Waals surface area (Å²) < 4.78 is 5.20. The van der Waals surface area contributed by atoms with Crippen molar-refractivity contribution in [3.8, 4) is 0 Å². The van der Waals surface area contributed by atoms with Crippen molar-refractivity contribution in [2.75, 3.05) is 13.2 Å². The van der Waals surface area contributed by atoms with Crippen LogP contribution in [0.3, 0.4) is 0 Å². The van der Waals surface area contributed by atoms with E-state index in [1.165, 1.54) is 19.3 Å². The van der Waals surface area contributed by atoms with Crippen molar-refractivity contribution >= 4 is 5.97 Å². The van der Waals surface area contributed by atoms with Gasteiger partial charge in [0.1, 0.15) is 0 Å². The Hall–Kier alpha value is -0.570. The van der Waals surface area contributed by atoms with Crippen molar-refractivity contribution in [3.63, 3.8) is 0 Å². The summed E-state index contributed by atoms with van der Waals surface area (Å²) in [6.07, 6.45) is 5.73. The van der Waals surface area contributed by atoms with Crippen LogP contribution in [0.15, 0.2) is 0 Å². The predicted octanol–water partition coefficient (Wildman–Crippen LogP) is 2.59. The number of unbranched alkanes of at least 4 members (excludes halogenated alkanes) is 1. The second kappa shape index (κ2) is 6.89. The third-order valence-electron chi connectivity index (χ3n) is 3.45. The van der Waals surface area contributed by atoms with Crippen LogP contribution >= 0.6 is 0 Å². The van der Waals surface area contributed by atoms with Gasteiger partial charge in [-0.3, -0.25) is 9.69 Å². The summed E-state index contributed by atoms with van der Waals surface area (Å²) in [5.41, 5.74) is 0. The molecule has 0 spiro atoms. The van der Waals surface area contributed by atoms with Crippen molar-refractivity contribution in [2.24, 2.45) is 0 Å². The molecular formula is C13H25NO2. The van der Waals surface area contributed by atoms with Crippen LogP contribution in [0.5, 0.6) is 0 Å². The van der Waals surface area contributed by atoms with E-state index < -0.39 is 0 Å². The fourth-order valence-electron chi connectivity index (χ4n) is 2.31. The van der Waals surface area contributed by atoms with Crippen LogP contribution in [0.1, 0.15) is 52.9 Å². The van der Waals surface area contributed by atoms with Crippen LogP contribution in [-0.4, -0.2) is 36.1 Å². The summed E-state index contributed by atoms with van der Waals surface area (Å²) in [5.74, 6) is -0.0611. The average Bonchev–Trinajstić information content (AvgIpc) is 2.24. The lowest BCUT2D eigenvalue weighted by atomic mass is 9.98. The molecule has 0 aromatic carbocycles. The molecule has 1 rings (SSSR count). The monoisotopic (exact) mass is 227 g/mol. The molecule has 0 aromatic rings. The number of carbonyl (C=O) groups is 1. The maximum absolute atomic E-state index is 11.6. The van der Waals surface area contributed by atoms with Crippen molar-refractivity contribution < 1.29 is 9.53 Å². The van der Waals surface area contributed by atoms with E-state index in [2.05, 4.69) is 25.7 Å². The molecule has 1 fully saturated rings. The van der Waals surface area contributed by atoms with Crippen LogP contribution in [0.2, 0.25) is 0 Å². The highest BCUT2D eigenvalue weighted by Crippen LogP contribution is 2.21. The highest BCUT2D eigenvalue weighted by atomic mass is 16.5. The fourth-order valence-corrected chi connectivity index (χ4v) is 2.31. The van der Waals surface area contributed by atoms with E-state index in [1.807, 2.05) is 0 Å². The molecule has 3 nitrogen and oxygen atoms in total. The number of rotatable bonds is 5. The fraction of sp³-hybridized carbons (Fsp3) is 0.923. The van der Waals surface area contributed by atoms with E-state index >= 15 is 0 Å². The SMILES string of the molecule is CCCCOC(=O)CN1[C@H](C)CCC[C@@H]1C. The van der Waals surface area contributed by atoms with Gasteiger partial charge in [0.15, 0.2) is 0 Å². The Kier molecular flexibility index (Phi) is 5.81. The minimum Gasteiger partial charge on any atom is -0.465 e. The van der Waals surface area contributed by atoms with Gasteiger partial charge in [0, 0.05) is 12.1 Å². The largest absolute Gasteiger partial charge is 0.465 e. The number of hydrogen-bond donors (Lipinski definition) is 0. The third-order valence-corrected chi connectivity index (χ3v) is 3.45. The van der Waals surface area contributed by atoms with Crippen LogP contribution in [-0.2, 0) is 9.53 Å². The molecule has 0 bridgehead atoms. The van der Waals surface area contributed by atoms with Crippen LogP contribution in [0.25, 0.3) is 0 Å². The van der Waals surface area contributed by atoms with Gasteiger partial charge in [-0.1, -0.05) is 19.8 Å². The summed E-state index contributed by atoms with van der Waals surface area (Å²) in [7, 11) is 0. The first-order valence-electron chi connectivity index (χ1n) is 6.56. The highest BCUT2D eigenvalue weighted by molar-refractivity contribution is 5.71. The molecule has 0 unspecified atom stereocenters. The van der Waals surface area contributed by atoms with Crippen LogP contribution in [0, 0.1) is 0 Å². The van der Waals surface area contributed by atoms with Crippen molar-refractivity contribution in [1.82, 2.24) is 4.90 Å². The molecule has 0 N–H and O–H groups in total. The molecule has 3 heteroatoms. The summed E-state index contributed by atoms with van der Waals surface area (Å²) in [5, 5.41) is 0. The van der Waals surface area contributed by atoms with E-state index in [9.17, 15) is 4.79 Å². The summed E-state index contributed by atoms with van der Waals surface area (Å²) >= 11 is 0. The maximum Gasteiger partial charge on any atom is 0.320 e. The van der Waals surface area contributed by atoms with E-state index in [1.54, 1.807) is 0 Å². The highest BCUT2D eigenvalue weighted by Gasteiger charge is 2.26. The molecule has 0 amide bonds. The molecule has 0 aromatic heterocycles. The van der Waals surface area contributed by atoms with Crippen molar-refractivity contribution in [2.45, 2.75) is 65.0 Å². The van der Waals surface area contributed by atoms with E-state index in [0.717, 1.165) is 12.8 Å². The first-order valence-corrected chi connectivity index (χ1v) is 6.56. The molecule has 16 heavy (non-hydrogen) atoms. The zero-order valence-electron chi connectivity index (χ0n) is 10.9. The Labute approximate surface area is 99.1 Å². The molecule has 2 atom stereocenters. The van der Waals surface area contributed by atoms with Gasteiger partial charge in [0.2, 0.25) is 0 Å². The molecule has 1 aliphatic rings. The molecule has 1 aliphatic heterocycles. The maximum atomic E-state index is 11.6. The Bertz CT molecular complexity index is 208. The van der Waals surface area contributed by atoms with Crippen molar-refractivity contribution in [1.29, 1.82) is 0 Å².